The number of benzene rings is 5. The van der Waals surface area contributed by atoms with Gasteiger partial charge >= 0.3 is 0 Å². The summed E-state index contributed by atoms with van der Waals surface area (Å²) in [7, 11) is 1.72. The molecule has 5 aromatic carbocycles. The summed E-state index contributed by atoms with van der Waals surface area (Å²) in [4.78, 5) is 0. The molecule has 0 heterocycles. The molecule has 0 bridgehead atoms. The first kappa shape index (κ1) is 17.5. The number of rotatable bonds is 3. The molecule has 1 heteroatoms. The normalized spacial score (nSPS) is 11.1. The molecule has 0 aliphatic rings. The SMILES string of the molecule is COc1ccc2c(-c3ccccc3)c(-c3ccc(C)cc3)c3ccccc3c2c1. The number of aryl methyl sites for hydroxylation is 1. The third kappa shape index (κ3) is 2.96. The maximum absolute atomic E-state index is 5.54. The first-order valence-corrected chi connectivity index (χ1v) is 9.91. The summed E-state index contributed by atoms with van der Waals surface area (Å²) in [6, 6.07) is 34.6. The van der Waals surface area contributed by atoms with Crippen molar-refractivity contribution in [3.63, 3.8) is 0 Å². The Morgan fingerprint density at radius 1 is 0.517 bits per heavy atom. The largest absolute Gasteiger partial charge is 0.497 e. The van der Waals surface area contributed by atoms with Crippen molar-refractivity contribution in [2.45, 2.75) is 6.92 Å². The van der Waals surface area contributed by atoms with Gasteiger partial charge in [0.15, 0.2) is 0 Å². The number of ether oxygens (including phenoxy) is 1. The van der Waals surface area contributed by atoms with Gasteiger partial charge in [0.1, 0.15) is 5.75 Å². The Kier molecular flexibility index (Phi) is 4.29. The fourth-order valence-corrected chi connectivity index (χ4v) is 4.22. The van der Waals surface area contributed by atoms with Gasteiger partial charge in [-0.3, -0.25) is 0 Å². The molecule has 0 unspecified atom stereocenters. The zero-order chi connectivity index (χ0) is 19.8. The molecule has 0 fully saturated rings. The van der Waals surface area contributed by atoms with E-state index in [-0.39, 0.29) is 0 Å². The van der Waals surface area contributed by atoms with E-state index in [0.29, 0.717) is 0 Å². The standard InChI is InChI=1S/C28H22O/c1-19-12-14-21(15-13-19)28-24-11-7-6-10-23(24)26-18-22(29-2)16-17-25(26)27(28)20-8-4-3-5-9-20/h3-18H,1-2H3. The van der Waals surface area contributed by atoms with Crippen LogP contribution >= 0.6 is 0 Å². The second kappa shape index (κ2) is 7.10. The molecule has 5 aromatic rings. The molecule has 0 spiro atoms. The number of methoxy groups -OCH3 is 1. The molecule has 140 valence electrons. The molecule has 0 N–H and O–H groups in total. The Balaban J connectivity index is 2.01. The van der Waals surface area contributed by atoms with Crippen LogP contribution in [0.4, 0.5) is 0 Å². The van der Waals surface area contributed by atoms with Gasteiger partial charge in [-0.1, -0.05) is 90.5 Å². The second-order valence-electron chi connectivity index (χ2n) is 7.44. The molecule has 29 heavy (non-hydrogen) atoms. The summed E-state index contributed by atoms with van der Waals surface area (Å²) in [5.41, 5.74) is 6.28. The van der Waals surface area contributed by atoms with E-state index in [1.54, 1.807) is 7.11 Å². The van der Waals surface area contributed by atoms with Crippen molar-refractivity contribution in [1.82, 2.24) is 0 Å². The number of hydrogen-bond donors (Lipinski definition) is 0. The van der Waals surface area contributed by atoms with E-state index in [1.807, 2.05) is 0 Å². The molecule has 0 saturated carbocycles. The molecule has 0 aromatic heterocycles. The van der Waals surface area contributed by atoms with Crippen molar-refractivity contribution in [2.24, 2.45) is 0 Å². The summed E-state index contributed by atoms with van der Waals surface area (Å²) in [5, 5.41) is 4.97. The Labute approximate surface area is 171 Å². The highest BCUT2D eigenvalue weighted by Crippen LogP contribution is 2.45. The molecule has 5 rings (SSSR count). The predicted molar refractivity (Wildman–Crippen MR) is 124 cm³/mol. The minimum absolute atomic E-state index is 0.879. The van der Waals surface area contributed by atoms with E-state index in [9.17, 15) is 0 Å². The first-order valence-electron chi connectivity index (χ1n) is 9.91. The lowest BCUT2D eigenvalue weighted by molar-refractivity contribution is 0.415. The van der Waals surface area contributed by atoms with E-state index in [1.165, 1.54) is 49.4 Å². The van der Waals surface area contributed by atoms with Crippen molar-refractivity contribution in [3.8, 4) is 28.0 Å². The van der Waals surface area contributed by atoms with Crippen molar-refractivity contribution < 1.29 is 4.74 Å². The molecule has 0 atom stereocenters. The van der Waals surface area contributed by atoms with Crippen LogP contribution in [0.15, 0.2) is 97.1 Å². The lowest BCUT2D eigenvalue weighted by atomic mass is 9.85. The predicted octanol–water partition coefficient (Wildman–Crippen LogP) is 7.64. The second-order valence-corrected chi connectivity index (χ2v) is 7.44. The van der Waals surface area contributed by atoms with Crippen molar-refractivity contribution in [2.75, 3.05) is 7.11 Å². The minimum Gasteiger partial charge on any atom is -0.497 e. The van der Waals surface area contributed by atoms with Crippen LogP contribution in [-0.4, -0.2) is 7.11 Å². The van der Waals surface area contributed by atoms with Gasteiger partial charge in [0, 0.05) is 0 Å². The van der Waals surface area contributed by atoms with Crippen LogP contribution in [0.1, 0.15) is 5.56 Å². The van der Waals surface area contributed by atoms with Gasteiger partial charge in [-0.15, -0.1) is 0 Å². The fraction of sp³-hybridized carbons (Fsp3) is 0.0714. The maximum atomic E-state index is 5.54. The van der Waals surface area contributed by atoms with Gasteiger partial charge in [0.25, 0.3) is 0 Å². The van der Waals surface area contributed by atoms with E-state index in [0.717, 1.165) is 5.75 Å². The van der Waals surface area contributed by atoms with Gasteiger partial charge < -0.3 is 4.74 Å². The van der Waals surface area contributed by atoms with E-state index in [2.05, 4.69) is 104 Å². The van der Waals surface area contributed by atoms with Crippen LogP contribution < -0.4 is 4.74 Å². The molecular formula is C28H22O. The summed E-state index contributed by atoms with van der Waals surface area (Å²) >= 11 is 0. The van der Waals surface area contributed by atoms with E-state index < -0.39 is 0 Å². The Hall–Kier alpha value is -3.58. The number of fused-ring (bicyclic) bond motifs is 3. The van der Waals surface area contributed by atoms with Crippen LogP contribution in [0.25, 0.3) is 43.8 Å². The molecule has 0 amide bonds. The Morgan fingerprint density at radius 3 is 1.79 bits per heavy atom. The smallest absolute Gasteiger partial charge is 0.119 e. The molecule has 0 aliphatic heterocycles. The van der Waals surface area contributed by atoms with Gasteiger partial charge in [0.2, 0.25) is 0 Å². The average molecular weight is 374 g/mol. The van der Waals surface area contributed by atoms with Crippen LogP contribution in [0, 0.1) is 6.92 Å². The minimum atomic E-state index is 0.879. The highest BCUT2D eigenvalue weighted by atomic mass is 16.5. The first-order chi connectivity index (χ1) is 14.3. The van der Waals surface area contributed by atoms with Gasteiger partial charge in [-0.05, 0) is 62.9 Å². The zero-order valence-electron chi connectivity index (χ0n) is 16.6. The molecule has 1 nitrogen and oxygen atoms in total. The summed E-state index contributed by atoms with van der Waals surface area (Å²) in [5.74, 6) is 0.879. The van der Waals surface area contributed by atoms with Crippen LogP contribution in [0.3, 0.4) is 0 Å². The highest BCUT2D eigenvalue weighted by Gasteiger charge is 2.17. The molecular weight excluding hydrogens is 352 g/mol. The quantitative estimate of drug-likeness (QED) is 0.295. The van der Waals surface area contributed by atoms with Crippen LogP contribution in [0.5, 0.6) is 5.75 Å². The third-order valence-corrected chi connectivity index (χ3v) is 5.64. The maximum Gasteiger partial charge on any atom is 0.119 e. The molecule has 0 saturated heterocycles. The monoisotopic (exact) mass is 374 g/mol. The van der Waals surface area contributed by atoms with Crippen molar-refractivity contribution in [3.05, 3.63) is 103 Å². The third-order valence-electron chi connectivity index (χ3n) is 5.64. The fourth-order valence-electron chi connectivity index (χ4n) is 4.22. The van der Waals surface area contributed by atoms with Crippen molar-refractivity contribution in [1.29, 1.82) is 0 Å². The highest BCUT2D eigenvalue weighted by molar-refractivity contribution is 6.21. The van der Waals surface area contributed by atoms with Crippen molar-refractivity contribution >= 4 is 21.5 Å². The summed E-state index contributed by atoms with van der Waals surface area (Å²) in [6.07, 6.45) is 0. The van der Waals surface area contributed by atoms with Gasteiger partial charge in [-0.25, -0.2) is 0 Å². The lowest BCUT2D eigenvalue weighted by Gasteiger charge is -2.19. The topological polar surface area (TPSA) is 9.23 Å². The molecule has 0 aliphatic carbocycles. The molecule has 0 radical (unpaired) electrons. The van der Waals surface area contributed by atoms with Crippen LogP contribution in [0.2, 0.25) is 0 Å². The summed E-state index contributed by atoms with van der Waals surface area (Å²) < 4.78 is 5.54. The van der Waals surface area contributed by atoms with E-state index in [4.69, 9.17) is 4.74 Å². The number of hydrogen-bond acceptors (Lipinski definition) is 1. The van der Waals surface area contributed by atoms with Gasteiger partial charge in [0.05, 0.1) is 7.11 Å². The zero-order valence-corrected chi connectivity index (χ0v) is 16.6. The Bertz CT molecular complexity index is 1320. The lowest BCUT2D eigenvalue weighted by Crippen LogP contribution is -1.92. The summed E-state index contributed by atoms with van der Waals surface area (Å²) in [6.45, 7) is 2.13. The van der Waals surface area contributed by atoms with E-state index >= 15 is 0 Å². The average Bonchev–Trinajstić information content (AvgIpc) is 2.79. The van der Waals surface area contributed by atoms with Crippen LogP contribution in [-0.2, 0) is 0 Å². The van der Waals surface area contributed by atoms with Gasteiger partial charge in [-0.2, -0.15) is 0 Å². The Morgan fingerprint density at radius 2 is 1.10 bits per heavy atom.